The molecule has 1 aromatic carbocycles. The van der Waals surface area contributed by atoms with Crippen LogP contribution in [0.5, 0.6) is 0 Å². The molecule has 2 rings (SSSR count). The van der Waals surface area contributed by atoms with Crippen molar-refractivity contribution in [1.82, 2.24) is 9.97 Å². The zero-order valence-corrected chi connectivity index (χ0v) is 12.8. The summed E-state index contributed by atoms with van der Waals surface area (Å²) in [5, 5.41) is 11.6. The maximum atomic E-state index is 11.2. The van der Waals surface area contributed by atoms with E-state index >= 15 is 0 Å². The van der Waals surface area contributed by atoms with E-state index in [1.807, 2.05) is 19.1 Å². The second-order valence-electron chi connectivity index (χ2n) is 4.44. The lowest BCUT2D eigenvalue weighted by atomic mass is 10.1. The maximum Gasteiger partial charge on any atom is 0.348 e. The van der Waals surface area contributed by atoms with E-state index in [0.29, 0.717) is 5.02 Å². The van der Waals surface area contributed by atoms with E-state index in [4.69, 9.17) is 23.2 Å². The third-order valence-corrected chi connectivity index (χ3v) is 3.70. The first-order valence-corrected chi connectivity index (χ1v) is 6.80. The van der Waals surface area contributed by atoms with E-state index in [9.17, 15) is 10.1 Å². The van der Waals surface area contributed by atoms with Crippen molar-refractivity contribution in [2.24, 2.45) is 0 Å². The second-order valence-corrected chi connectivity index (χ2v) is 5.23. The summed E-state index contributed by atoms with van der Waals surface area (Å²) in [7, 11) is 1.71. The molecule has 8 heteroatoms. The summed E-state index contributed by atoms with van der Waals surface area (Å²) in [6.45, 7) is 1.89. The van der Waals surface area contributed by atoms with Crippen LogP contribution in [0, 0.1) is 10.1 Å². The zero-order chi connectivity index (χ0) is 15.6. The number of benzene rings is 1. The minimum absolute atomic E-state index is 0.160. The van der Waals surface area contributed by atoms with Gasteiger partial charge in [-0.25, -0.2) is 9.97 Å². The highest BCUT2D eigenvalue weighted by Crippen LogP contribution is 2.34. The van der Waals surface area contributed by atoms with Crippen LogP contribution in [-0.2, 0) is 0 Å². The fraction of sp³-hybridized carbons (Fsp3) is 0.231. The molecule has 0 fully saturated rings. The van der Waals surface area contributed by atoms with Crippen LogP contribution in [0.2, 0.25) is 10.2 Å². The second kappa shape index (κ2) is 6.24. The molecule has 21 heavy (non-hydrogen) atoms. The lowest BCUT2D eigenvalue weighted by Crippen LogP contribution is -2.24. The van der Waals surface area contributed by atoms with Gasteiger partial charge < -0.3 is 4.90 Å². The van der Waals surface area contributed by atoms with Gasteiger partial charge in [0.15, 0.2) is 0 Å². The van der Waals surface area contributed by atoms with Crippen LogP contribution in [0.1, 0.15) is 18.5 Å². The molecule has 1 aromatic heterocycles. The molecule has 0 aliphatic carbocycles. The van der Waals surface area contributed by atoms with E-state index in [1.54, 1.807) is 24.1 Å². The van der Waals surface area contributed by atoms with Crippen molar-refractivity contribution in [3.63, 3.8) is 0 Å². The van der Waals surface area contributed by atoms with Gasteiger partial charge in [0.25, 0.3) is 0 Å². The van der Waals surface area contributed by atoms with Gasteiger partial charge in [-0.2, -0.15) is 0 Å². The molecule has 0 radical (unpaired) electrons. The number of hydrogen-bond donors (Lipinski definition) is 0. The number of aromatic nitrogens is 2. The fourth-order valence-electron chi connectivity index (χ4n) is 1.94. The Hall–Kier alpha value is -1.92. The third kappa shape index (κ3) is 3.22. The van der Waals surface area contributed by atoms with Crippen molar-refractivity contribution < 1.29 is 4.92 Å². The van der Waals surface area contributed by atoms with Gasteiger partial charge in [0, 0.05) is 12.1 Å². The summed E-state index contributed by atoms with van der Waals surface area (Å²) in [5.74, 6) is 0.160. The molecule has 1 unspecified atom stereocenters. The van der Waals surface area contributed by atoms with Crippen LogP contribution in [0.25, 0.3) is 0 Å². The molecule has 110 valence electrons. The number of rotatable bonds is 4. The number of anilines is 1. The molecular formula is C13H12Cl2N4O2. The lowest BCUT2D eigenvalue weighted by molar-refractivity contribution is -0.384. The summed E-state index contributed by atoms with van der Waals surface area (Å²) in [6, 6.07) is 7.11. The number of nitro groups is 1. The van der Waals surface area contributed by atoms with E-state index in [1.165, 1.54) is 6.33 Å². The number of hydrogen-bond acceptors (Lipinski definition) is 5. The van der Waals surface area contributed by atoms with E-state index < -0.39 is 4.92 Å². The highest BCUT2D eigenvalue weighted by atomic mass is 35.5. The molecule has 0 N–H and O–H groups in total. The van der Waals surface area contributed by atoms with Crippen molar-refractivity contribution >= 4 is 34.7 Å². The molecule has 2 aromatic rings. The summed E-state index contributed by atoms with van der Waals surface area (Å²) < 4.78 is 0. The largest absolute Gasteiger partial charge is 0.348 e. The molecule has 1 heterocycles. The Balaban J connectivity index is 2.43. The molecular weight excluding hydrogens is 315 g/mol. The summed E-state index contributed by atoms with van der Waals surface area (Å²) >= 11 is 11.8. The highest BCUT2D eigenvalue weighted by Gasteiger charge is 2.27. The van der Waals surface area contributed by atoms with Crippen LogP contribution in [0.4, 0.5) is 11.5 Å². The van der Waals surface area contributed by atoms with Gasteiger partial charge in [0.1, 0.15) is 6.33 Å². The van der Waals surface area contributed by atoms with Crippen molar-refractivity contribution in [2.75, 3.05) is 11.9 Å². The molecule has 0 aliphatic heterocycles. The minimum atomic E-state index is -0.584. The maximum absolute atomic E-state index is 11.2. The summed E-state index contributed by atoms with van der Waals surface area (Å²) in [6.07, 6.45) is 1.20. The molecule has 0 bridgehead atoms. The minimum Gasteiger partial charge on any atom is -0.347 e. The van der Waals surface area contributed by atoms with Crippen LogP contribution in [-0.4, -0.2) is 21.9 Å². The Labute approximate surface area is 131 Å². The van der Waals surface area contributed by atoms with Crippen LogP contribution >= 0.6 is 23.2 Å². The topological polar surface area (TPSA) is 72.2 Å². The van der Waals surface area contributed by atoms with E-state index in [2.05, 4.69) is 9.97 Å². The van der Waals surface area contributed by atoms with Crippen LogP contribution < -0.4 is 4.90 Å². The molecule has 6 nitrogen and oxygen atoms in total. The monoisotopic (exact) mass is 326 g/mol. The van der Waals surface area contributed by atoms with Crippen molar-refractivity contribution in [3.05, 3.63) is 56.4 Å². The Kier molecular flexibility index (Phi) is 4.59. The normalized spacial score (nSPS) is 12.0. The van der Waals surface area contributed by atoms with Gasteiger partial charge in [-0.05, 0) is 24.6 Å². The Morgan fingerprint density at radius 2 is 2.05 bits per heavy atom. The zero-order valence-electron chi connectivity index (χ0n) is 11.3. The molecule has 0 saturated carbocycles. The van der Waals surface area contributed by atoms with Gasteiger partial charge in [-0.3, -0.25) is 10.1 Å². The van der Waals surface area contributed by atoms with Gasteiger partial charge in [-0.1, -0.05) is 35.3 Å². The molecule has 0 spiro atoms. The quantitative estimate of drug-likeness (QED) is 0.484. The van der Waals surface area contributed by atoms with Crippen molar-refractivity contribution in [1.29, 1.82) is 0 Å². The number of nitrogens with zero attached hydrogens (tertiary/aromatic N) is 4. The number of halogens is 2. The van der Waals surface area contributed by atoms with E-state index in [-0.39, 0.29) is 22.7 Å². The standard InChI is InChI=1S/C13H12Cl2N4O2/c1-8(9-4-3-5-10(14)6-9)18(2)13-11(19(20)21)12(15)16-7-17-13/h3-8H,1-2H3. The molecule has 0 amide bonds. The van der Waals surface area contributed by atoms with Crippen LogP contribution in [0.3, 0.4) is 0 Å². The Bertz CT molecular complexity index is 681. The van der Waals surface area contributed by atoms with Crippen molar-refractivity contribution in [2.45, 2.75) is 13.0 Å². The molecule has 0 aliphatic rings. The molecule has 1 atom stereocenters. The first-order chi connectivity index (χ1) is 9.91. The Morgan fingerprint density at radius 3 is 2.67 bits per heavy atom. The predicted molar refractivity (Wildman–Crippen MR) is 82.0 cm³/mol. The lowest BCUT2D eigenvalue weighted by Gasteiger charge is -2.26. The van der Waals surface area contributed by atoms with E-state index in [0.717, 1.165) is 5.56 Å². The first kappa shape index (κ1) is 15.5. The van der Waals surface area contributed by atoms with Crippen molar-refractivity contribution in [3.8, 4) is 0 Å². The fourth-order valence-corrected chi connectivity index (χ4v) is 2.33. The predicted octanol–water partition coefficient (Wildman–Crippen LogP) is 3.89. The highest BCUT2D eigenvalue weighted by molar-refractivity contribution is 6.32. The third-order valence-electron chi connectivity index (χ3n) is 3.19. The molecule has 0 saturated heterocycles. The Morgan fingerprint density at radius 1 is 1.33 bits per heavy atom. The first-order valence-electron chi connectivity index (χ1n) is 6.05. The van der Waals surface area contributed by atoms with Gasteiger partial charge in [-0.15, -0.1) is 0 Å². The SMILES string of the molecule is CC(c1cccc(Cl)c1)N(C)c1ncnc(Cl)c1[N+](=O)[O-]. The van der Waals surface area contributed by atoms with Gasteiger partial charge >= 0.3 is 5.69 Å². The van der Waals surface area contributed by atoms with Crippen LogP contribution in [0.15, 0.2) is 30.6 Å². The summed E-state index contributed by atoms with van der Waals surface area (Å²) in [5.41, 5.74) is 0.601. The van der Waals surface area contributed by atoms with Gasteiger partial charge in [0.05, 0.1) is 11.0 Å². The average Bonchev–Trinajstić information content (AvgIpc) is 2.45. The average molecular weight is 327 g/mol. The smallest absolute Gasteiger partial charge is 0.347 e. The van der Waals surface area contributed by atoms with Gasteiger partial charge in [0.2, 0.25) is 11.0 Å². The summed E-state index contributed by atoms with van der Waals surface area (Å²) in [4.78, 5) is 19.9.